The molecule has 3 heteroatoms. The van der Waals surface area contributed by atoms with E-state index in [1.807, 2.05) is 12.1 Å². The lowest BCUT2D eigenvalue weighted by atomic mass is 9.48. The first kappa shape index (κ1) is 14.9. The van der Waals surface area contributed by atoms with Crippen molar-refractivity contribution in [3.05, 3.63) is 29.8 Å². The van der Waals surface area contributed by atoms with Crippen molar-refractivity contribution in [1.29, 1.82) is 0 Å². The summed E-state index contributed by atoms with van der Waals surface area (Å²) in [7, 11) is 0. The first-order valence-electron chi connectivity index (χ1n) is 7.57. The number of hydrogen-bond acceptors (Lipinski definition) is 2. The molecule has 3 nitrogen and oxygen atoms in total. The zero-order valence-electron chi connectivity index (χ0n) is 12.5. The van der Waals surface area contributed by atoms with Gasteiger partial charge >= 0.3 is 5.97 Å². The predicted molar refractivity (Wildman–Crippen MR) is 81.7 cm³/mol. The molecule has 1 fully saturated rings. The lowest BCUT2D eigenvalue weighted by Crippen LogP contribution is -2.54. The highest BCUT2D eigenvalue weighted by molar-refractivity contribution is 5.83. The van der Waals surface area contributed by atoms with Gasteiger partial charge in [-0.2, -0.15) is 0 Å². The molecule has 1 aliphatic rings. The van der Waals surface area contributed by atoms with Crippen LogP contribution in [0.4, 0.5) is 5.69 Å². The number of nitrogens with two attached hydrogens (primary N) is 1. The monoisotopic (exact) mass is 275 g/mol. The smallest absolute Gasteiger partial charge is 0.314 e. The van der Waals surface area contributed by atoms with E-state index in [1.54, 1.807) is 12.1 Å². The third kappa shape index (κ3) is 2.41. The van der Waals surface area contributed by atoms with E-state index in [1.165, 1.54) is 0 Å². The van der Waals surface area contributed by atoms with Crippen molar-refractivity contribution in [3.63, 3.8) is 0 Å². The van der Waals surface area contributed by atoms with Gasteiger partial charge in [0.15, 0.2) is 0 Å². The Bertz CT molecular complexity index is 464. The lowest BCUT2D eigenvalue weighted by molar-refractivity contribution is -0.155. The summed E-state index contributed by atoms with van der Waals surface area (Å²) in [5.41, 5.74) is 6.82. The average Bonchev–Trinajstić information content (AvgIpc) is 2.36. The van der Waals surface area contributed by atoms with E-state index < -0.39 is 11.4 Å². The highest BCUT2D eigenvalue weighted by Crippen LogP contribution is 2.60. The maximum atomic E-state index is 11.9. The molecule has 110 valence electrons. The molecule has 1 saturated carbocycles. The molecule has 0 spiro atoms. The Morgan fingerprint density at radius 3 is 2.05 bits per heavy atom. The highest BCUT2D eigenvalue weighted by Gasteiger charge is 2.58. The Hall–Kier alpha value is -1.51. The van der Waals surface area contributed by atoms with Gasteiger partial charge in [0.1, 0.15) is 0 Å². The minimum Gasteiger partial charge on any atom is -0.481 e. The zero-order valence-corrected chi connectivity index (χ0v) is 12.5. The third-order valence-electron chi connectivity index (χ3n) is 4.79. The Labute approximate surface area is 121 Å². The molecule has 2 rings (SSSR count). The van der Waals surface area contributed by atoms with Gasteiger partial charge in [-0.05, 0) is 48.8 Å². The number of aliphatic carboxylic acids is 1. The van der Waals surface area contributed by atoms with E-state index >= 15 is 0 Å². The normalized spacial score (nSPS) is 19.3. The SMILES string of the molecule is CCCC1(CCC)CC(C(=O)O)(c2ccc(N)cc2)C1. The molecular weight excluding hydrogens is 250 g/mol. The second-order valence-corrected chi connectivity index (χ2v) is 6.36. The lowest BCUT2D eigenvalue weighted by Gasteiger charge is -2.55. The summed E-state index contributed by atoms with van der Waals surface area (Å²) in [4.78, 5) is 11.9. The molecule has 0 aliphatic heterocycles. The van der Waals surface area contributed by atoms with Crippen molar-refractivity contribution in [2.24, 2.45) is 5.41 Å². The summed E-state index contributed by atoms with van der Waals surface area (Å²) in [6, 6.07) is 7.37. The summed E-state index contributed by atoms with van der Waals surface area (Å²) < 4.78 is 0. The first-order chi connectivity index (χ1) is 9.48. The highest BCUT2D eigenvalue weighted by atomic mass is 16.4. The van der Waals surface area contributed by atoms with Crippen LogP contribution in [0.1, 0.15) is 57.9 Å². The minimum absolute atomic E-state index is 0.225. The quantitative estimate of drug-likeness (QED) is 0.772. The maximum absolute atomic E-state index is 11.9. The van der Waals surface area contributed by atoms with Gasteiger partial charge in [-0.1, -0.05) is 38.8 Å². The molecule has 0 amide bonds. The molecule has 0 aromatic heterocycles. The van der Waals surface area contributed by atoms with Crippen LogP contribution in [0.2, 0.25) is 0 Å². The van der Waals surface area contributed by atoms with Crippen molar-refractivity contribution >= 4 is 11.7 Å². The van der Waals surface area contributed by atoms with Crippen LogP contribution < -0.4 is 5.73 Å². The van der Waals surface area contributed by atoms with Crippen LogP contribution in [0.25, 0.3) is 0 Å². The second kappa shape index (κ2) is 5.47. The van der Waals surface area contributed by atoms with Gasteiger partial charge in [0, 0.05) is 5.69 Å². The van der Waals surface area contributed by atoms with E-state index in [4.69, 9.17) is 5.73 Å². The number of carboxylic acid groups (broad SMARTS) is 1. The largest absolute Gasteiger partial charge is 0.481 e. The van der Waals surface area contributed by atoms with Crippen molar-refractivity contribution in [1.82, 2.24) is 0 Å². The third-order valence-corrected chi connectivity index (χ3v) is 4.79. The van der Waals surface area contributed by atoms with Crippen LogP contribution in [0.5, 0.6) is 0 Å². The van der Waals surface area contributed by atoms with Gasteiger partial charge in [0.2, 0.25) is 0 Å². The standard InChI is InChI=1S/C17H25NO2/c1-3-9-16(10-4-2)11-17(12-16,15(19)20)13-5-7-14(18)8-6-13/h5-8H,3-4,9-12,18H2,1-2H3,(H,19,20). The Morgan fingerprint density at radius 2 is 1.65 bits per heavy atom. The molecule has 0 atom stereocenters. The van der Waals surface area contributed by atoms with Crippen molar-refractivity contribution in [2.75, 3.05) is 5.73 Å². The van der Waals surface area contributed by atoms with Crippen molar-refractivity contribution < 1.29 is 9.90 Å². The number of rotatable bonds is 6. The fraction of sp³-hybridized carbons (Fsp3) is 0.588. The molecule has 0 heterocycles. The molecule has 1 aromatic carbocycles. The molecule has 0 radical (unpaired) electrons. The number of carbonyl (C=O) groups is 1. The molecule has 0 unspecified atom stereocenters. The van der Waals surface area contributed by atoms with Gasteiger partial charge < -0.3 is 10.8 Å². The number of hydrogen-bond donors (Lipinski definition) is 2. The fourth-order valence-corrected chi connectivity index (χ4v) is 4.05. The average molecular weight is 275 g/mol. The molecule has 0 saturated heterocycles. The Kier molecular flexibility index (Phi) is 4.07. The van der Waals surface area contributed by atoms with Crippen LogP contribution in [-0.2, 0) is 10.2 Å². The van der Waals surface area contributed by atoms with E-state index in [0.29, 0.717) is 5.69 Å². The van der Waals surface area contributed by atoms with Crippen LogP contribution in [-0.4, -0.2) is 11.1 Å². The molecule has 0 bridgehead atoms. The van der Waals surface area contributed by atoms with Crippen molar-refractivity contribution in [2.45, 2.75) is 57.8 Å². The second-order valence-electron chi connectivity index (χ2n) is 6.36. The van der Waals surface area contributed by atoms with Crippen LogP contribution >= 0.6 is 0 Å². The summed E-state index contributed by atoms with van der Waals surface area (Å²) in [6.45, 7) is 4.36. The molecule has 1 aliphatic carbocycles. The number of nitrogen functional groups attached to an aromatic ring is 1. The maximum Gasteiger partial charge on any atom is 0.314 e. The van der Waals surface area contributed by atoms with Gasteiger partial charge in [-0.25, -0.2) is 0 Å². The fourth-order valence-electron chi connectivity index (χ4n) is 4.05. The molecule has 1 aromatic rings. The van der Waals surface area contributed by atoms with E-state index in [9.17, 15) is 9.90 Å². The van der Waals surface area contributed by atoms with Gasteiger partial charge in [0.05, 0.1) is 5.41 Å². The van der Waals surface area contributed by atoms with Crippen LogP contribution in [0, 0.1) is 5.41 Å². The van der Waals surface area contributed by atoms with E-state index in [2.05, 4.69) is 13.8 Å². The number of benzene rings is 1. The van der Waals surface area contributed by atoms with Gasteiger partial charge in [0.25, 0.3) is 0 Å². The summed E-state index contributed by atoms with van der Waals surface area (Å²) in [5.74, 6) is -0.690. The van der Waals surface area contributed by atoms with Gasteiger partial charge in [-0.3, -0.25) is 4.79 Å². The van der Waals surface area contributed by atoms with Crippen LogP contribution in [0.3, 0.4) is 0 Å². The summed E-state index contributed by atoms with van der Waals surface area (Å²) in [5, 5.41) is 9.74. The topological polar surface area (TPSA) is 63.3 Å². The number of anilines is 1. The predicted octanol–water partition coefficient (Wildman–Crippen LogP) is 3.97. The Balaban J connectivity index is 2.27. The summed E-state index contributed by atoms with van der Waals surface area (Å²) in [6.07, 6.45) is 6.03. The van der Waals surface area contributed by atoms with E-state index in [0.717, 1.165) is 44.1 Å². The van der Waals surface area contributed by atoms with Crippen LogP contribution in [0.15, 0.2) is 24.3 Å². The Morgan fingerprint density at radius 1 is 1.15 bits per heavy atom. The number of carboxylic acids is 1. The van der Waals surface area contributed by atoms with Crippen molar-refractivity contribution in [3.8, 4) is 0 Å². The summed E-state index contributed by atoms with van der Waals surface area (Å²) >= 11 is 0. The molecule has 20 heavy (non-hydrogen) atoms. The molecule has 3 N–H and O–H groups in total. The molecular formula is C17H25NO2. The zero-order chi connectivity index (χ0) is 14.8. The van der Waals surface area contributed by atoms with E-state index in [-0.39, 0.29) is 5.41 Å². The van der Waals surface area contributed by atoms with Gasteiger partial charge in [-0.15, -0.1) is 0 Å². The minimum atomic E-state index is -0.696. The first-order valence-corrected chi connectivity index (χ1v) is 7.57.